The van der Waals surface area contributed by atoms with Gasteiger partial charge in [-0.1, -0.05) is 6.07 Å². The number of fused-ring (bicyclic) bond motifs is 1. The average Bonchev–Trinajstić information content (AvgIpc) is 3.12. The highest BCUT2D eigenvalue weighted by molar-refractivity contribution is 5.82. The number of esters is 1. The third-order valence-electron chi connectivity index (χ3n) is 5.03. The van der Waals surface area contributed by atoms with Gasteiger partial charge >= 0.3 is 5.97 Å². The summed E-state index contributed by atoms with van der Waals surface area (Å²) in [5.74, 6) is -0.707. The summed E-state index contributed by atoms with van der Waals surface area (Å²) in [4.78, 5) is 36.6. The van der Waals surface area contributed by atoms with Gasteiger partial charge in [-0.05, 0) is 55.4 Å². The van der Waals surface area contributed by atoms with Crippen LogP contribution in [-0.2, 0) is 32.0 Å². The van der Waals surface area contributed by atoms with E-state index >= 15 is 0 Å². The van der Waals surface area contributed by atoms with E-state index in [-0.39, 0.29) is 30.9 Å². The lowest BCUT2D eigenvalue weighted by atomic mass is 9.96. The molecule has 1 heterocycles. The van der Waals surface area contributed by atoms with E-state index in [1.165, 1.54) is 11.1 Å². The largest absolute Gasteiger partial charge is 0.482 e. The van der Waals surface area contributed by atoms with E-state index in [4.69, 9.17) is 15.2 Å². The fourth-order valence-electron chi connectivity index (χ4n) is 3.47. The average molecular weight is 360 g/mol. The van der Waals surface area contributed by atoms with Gasteiger partial charge in [0.05, 0.1) is 0 Å². The van der Waals surface area contributed by atoms with Crippen LogP contribution in [0.25, 0.3) is 0 Å². The van der Waals surface area contributed by atoms with Gasteiger partial charge in [-0.15, -0.1) is 0 Å². The zero-order chi connectivity index (χ0) is 18.5. The standard InChI is InChI=1S/C19H24N2O5/c20-19(24)14-6-8-21(9-7-14)17(22)11-26-18(23)12-25-16-5-4-13-2-1-3-15(13)10-16/h4-5,10,14H,1-3,6-9,11-12H2,(H2,20,24). The number of amides is 2. The lowest BCUT2D eigenvalue weighted by molar-refractivity contribution is -0.154. The number of benzene rings is 1. The number of hydrogen-bond acceptors (Lipinski definition) is 5. The maximum Gasteiger partial charge on any atom is 0.344 e. The number of nitrogens with two attached hydrogens (primary N) is 1. The molecule has 2 aliphatic rings. The minimum atomic E-state index is -0.578. The molecule has 26 heavy (non-hydrogen) atoms. The Labute approximate surface area is 152 Å². The number of carbonyl (C=O) groups is 3. The summed E-state index contributed by atoms with van der Waals surface area (Å²) < 4.78 is 10.5. The van der Waals surface area contributed by atoms with Crippen LogP contribution in [0.1, 0.15) is 30.4 Å². The minimum absolute atomic E-state index is 0.178. The molecule has 1 aliphatic carbocycles. The van der Waals surface area contributed by atoms with Crippen LogP contribution in [0.5, 0.6) is 5.75 Å². The molecule has 7 nitrogen and oxygen atoms in total. The number of rotatable bonds is 6. The summed E-state index contributed by atoms with van der Waals surface area (Å²) in [6, 6.07) is 5.84. The van der Waals surface area contributed by atoms with E-state index in [9.17, 15) is 14.4 Å². The smallest absolute Gasteiger partial charge is 0.344 e. The van der Waals surface area contributed by atoms with E-state index < -0.39 is 5.97 Å². The van der Waals surface area contributed by atoms with Gasteiger partial charge < -0.3 is 20.1 Å². The summed E-state index contributed by atoms with van der Waals surface area (Å²) in [6.07, 6.45) is 4.39. The highest BCUT2D eigenvalue weighted by Crippen LogP contribution is 2.26. The molecule has 0 aromatic heterocycles. The summed E-state index contributed by atoms with van der Waals surface area (Å²) in [7, 11) is 0. The van der Waals surface area contributed by atoms with Gasteiger partial charge in [-0.25, -0.2) is 4.79 Å². The number of piperidine rings is 1. The maximum atomic E-state index is 12.1. The fraction of sp³-hybridized carbons (Fsp3) is 0.526. The van der Waals surface area contributed by atoms with Crippen molar-refractivity contribution in [3.63, 3.8) is 0 Å². The van der Waals surface area contributed by atoms with Gasteiger partial charge in [-0.2, -0.15) is 0 Å². The van der Waals surface area contributed by atoms with E-state index in [0.29, 0.717) is 31.7 Å². The van der Waals surface area contributed by atoms with Crippen LogP contribution >= 0.6 is 0 Å². The summed E-state index contributed by atoms with van der Waals surface area (Å²) >= 11 is 0. The first-order valence-electron chi connectivity index (χ1n) is 9.00. The molecule has 0 atom stereocenters. The molecule has 0 saturated carbocycles. The summed E-state index contributed by atoms with van der Waals surface area (Å²) in [5.41, 5.74) is 7.88. The van der Waals surface area contributed by atoms with E-state index in [2.05, 4.69) is 0 Å². The number of ether oxygens (including phenoxy) is 2. The molecule has 0 bridgehead atoms. The molecule has 1 fully saturated rings. The Morgan fingerprint density at radius 3 is 2.54 bits per heavy atom. The Bertz CT molecular complexity index is 695. The van der Waals surface area contributed by atoms with Crippen molar-refractivity contribution in [2.45, 2.75) is 32.1 Å². The predicted molar refractivity (Wildman–Crippen MR) is 93.4 cm³/mol. The molecule has 3 rings (SSSR count). The highest BCUT2D eigenvalue weighted by atomic mass is 16.6. The van der Waals surface area contributed by atoms with Gasteiger partial charge in [-0.3, -0.25) is 9.59 Å². The molecule has 140 valence electrons. The zero-order valence-corrected chi connectivity index (χ0v) is 14.7. The quantitative estimate of drug-likeness (QED) is 0.757. The van der Waals surface area contributed by atoms with Crippen molar-refractivity contribution in [1.29, 1.82) is 0 Å². The molecule has 0 radical (unpaired) electrons. The fourth-order valence-corrected chi connectivity index (χ4v) is 3.47. The van der Waals surface area contributed by atoms with Crippen molar-refractivity contribution in [2.75, 3.05) is 26.3 Å². The first kappa shape index (κ1) is 18.2. The van der Waals surface area contributed by atoms with Crippen molar-refractivity contribution >= 4 is 17.8 Å². The SMILES string of the molecule is NC(=O)C1CCN(C(=O)COC(=O)COc2ccc3c(c2)CCC3)CC1. The molecule has 1 aliphatic heterocycles. The third-order valence-corrected chi connectivity index (χ3v) is 5.03. The Morgan fingerprint density at radius 2 is 1.81 bits per heavy atom. The van der Waals surface area contributed by atoms with Gasteiger partial charge in [0.25, 0.3) is 5.91 Å². The summed E-state index contributed by atoms with van der Waals surface area (Å²) in [5, 5.41) is 0. The molecule has 2 N–H and O–H groups in total. The van der Waals surface area contributed by atoms with Crippen LogP contribution in [0, 0.1) is 5.92 Å². The molecule has 7 heteroatoms. The van der Waals surface area contributed by atoms with Gasteiger partial charge in [0, 0.05) is 19.0 Å². The number of aryl methyl sites for hydroxylation is 2. The van der Waals surface area contributed by atoms with Crippen molar-refractivity contribution in [1.82, 2.24) is 4.90 Å². The molecule has 0 unspecified atom stereocenters. The second kappa shape index (κ2) is 8.21. The van der Waals surface area contributed by atoms with Crippen LogP contribution in [0.15, 0.2) is 18.2 Å². The van der Waals surface area contributed by atoms with Gasteiger partial charge in [0.15, 0.2) is 13.2 Å². The second-order valence-electron chi connectivity index (χ2n) is 6.79. The van der Waals surface area contributed by atoms with E-state index in [1.54, 1.807) is 4.90 Å². The van der Waals surface area contributed by atoms with E-state index in [1.807, 2.05) is 18.2 Å². The Morgan fingerprint density at radius 1 is 1.08 bits per heavy atom. The van der Waals surface area contributed by atoms with Crippen LogP contribution in [0.4, 0.5) is 0 Å². The molecule has 2 amide bonds. The molecule has 0 spiro atoms. The van der Waals surface area contributed by atoms with Gasteiger partial charge in [0.2, 0.25) is 5.91 Å². The third kappa shape index (κ3) is 4.53. The predicted octanol–water partition coefficient (Wildman–Crippen LogP) is 0.821. The van der Waals surface area contributed by atoms with Crippen LogP contribution < -0.4 is 10.5 Å². The number of carbonyl (C=O) groups excluding carboxylic acids is 3. The molecule has 1 aromatic rings. The van der Waals surface area contributed by atoms with Crippen LogP contribution in [-0.4, -0.2) is 49.0 Å². The number of likely N-dealkylation sites (tertiary alicyclic amines) is 1. The minimum Gasteiger partial charge on any atom is -0.482 e. The van der Waals surface area contributed by atoms with Crippen molar-refractivity contribution < 1.29 is 23.9 Å². The maximum absolute atomic E-state index is 12.1. The Hall–Kier alpha value is -2.57. The van der Waals surface area contributed by atoms with Crippen LogP contribution in [0.3, 0.4) is 0 Å². The van der Waals surface area contributed by atoms with Crippen molar-refractivity contribution in [2.24, 2.45) is 11.7 Å². The first-order valence-corrected chi connectivity index (χ1v) is 9.00. The van der Waals surface area contributed by atoms with E-state index in [0.717, 1.165) is 19.3 Å². The topological polar surface area (TPSA) is 98.9 Å². The molecular formula is C19H24N2O5. The monoisotopic (exact) mass is 360 g/mol. The van der Waals surface area contributed by atoms with Crippen LogP contribution in [0.2, 0.25) is 0 Å². The number of nitrogens with zero attached hydrogens (tertiary/aromatic N) is 1. The number of hydrogen-bond donors (Lipinski definition) is 1. The van der Waals surface area contributed by atoms with Gasteiger partial charge in [0.1, 0.15) is 5.75 Å². The lowest BCUT2D eigenvalue weighted by Gasteiger charge is -2.30. The highest BCUT2D eigenvalue weighted by Gasteiger charge is 2.26. The Balaban J connectivity index is 1.37. The molecular weight excluding hydrogens is 336 g/mol. The Kier molecular flexibility index (Phi) is 5.75. The lowest BCUT2D eigenvalue weighted by Crippen LogP contribution is -2.43. The first-order chi connectivity index (χ1) is 12.5. The second-order valence-corrected chi connectivity index (χ2v) is 6.79. The number of primary amides is 1. The molecule has 1 saturated heterocycles. The zero-order valence-electron chi connectivity index (χ0n) is 14.7. The normalized spacial score (nSPS) is 16.8. The van der Waals surface area contributed by atoms with Crippen molar-refractivity contribution in [3.05, 3.63) is 29.3 Å². The molecule has 1 aromatic carbocycles. The summed E-state index contributed by atoms with van der Waals surface area (Å²) in [6.45, 7) is 0.370. The van der Waals surface area contributed by atoms with Crippen molar-refractivity contribution in [3.8, 4) is 5.75 Å².